The lowest BCUT2D eigenvalue weighted by molar-refractivity contribution is 0.195. The molecule has 0 spiro atoms. The van der Waals surface area contributed by atoms with Crippen molar-refractivity contribution in [2.24, 2.45) is 11.7 Å². The molecular formula is C17H28N2O2. The Labute approximate surface area is 128 Å². The highest BCUT2D eigenvalue weighted by Crippen LogP contribution is 2.31. The Morgan fingerprint density at radius 3 is 2.67 bits per heavy atom. The average Bonchev–Trinajstić information content (AvgIpc) is 2.94. The van der Waals surface area contributed by atoms with Crippen LogP contribution in [0, 0.1) is 5.92 Å². The summed E-state index contributed by atoms with van der Waals surface area (Å²) in [5.74, 6) is 2.28. The van der Waals surface area contributed by atoms with E-state index in [0.717, 1.165) is 30.2 Å². The molecule has 0 saturated carbocycles. The normalized spacial score (nSPS) is 20.8. The first-order valence-electron chi connectivity index (χ1n) is 7.78. The molecule has 1 fully saturated rings. The smallest absolute Gasteiger partial charge is 0.127 e. The molecule has 1 saturated heterocycles. The molecule has 1 aromatic rings. The van der Waals surface area contributed by atoms with Gasteiger partial charge in [-0.2, -0.15) is 0 Å². The summed E-state index contributed by atoms with van der Waals surface area (Å²) in [5, 5.41) is 0. The Bertz CT molecular complexity index is 462. The van der Waals surface area contributed by atoms with Gasteiger partial charge in [-0.3, -0.25) is 4.90 Å². The largest absolute Gasteiger partial charge is 0.497 e. The SMILES string of the molecule is COc1ccc(C(N)CN2CCCC2C(C)C)c(OC)c1. The van der Waals surface area contributed by atoms with Crippen LogP contribution in [0.4, 0.5) is 0 Å². The number of benzene rings is 1. The lowest BCUT2D eigenvalue weighted by Gasteiger charge is -2.30. The van der Waals surface area contributed by atoms with E-state index in [9.17, 15) is 0 Å². The van der Waals surface area contributed by atoms with Crippen molar-refractivity contribution in [3.05, 3.63) is 23.8 Å². The van der Waals surface area contributed by atoms with Crippen molar-refractivity contribution in [3.63, 3.8) is 0 Å². The molecule has 4 heteroatoms. The molecule has 118 valence electrons. The number of likely N-dealkylation sites (tertiary alicyclic amines) is 1. The minimum Gasteiger partial charge on any atom is -0.497 e. The van der Waals surface area contributed by atoms with E-state index in [1.54, 1.807) is 14.2 Å². The van der Waals surface area contributed by atoms with Crippen molar-refractivity contribution in [1.29, 1.82) is 0 Å². The van der Waals surface area contributed by atoms with Crippen molar-refractivity contribution in [3.8, 4) is 11.5 Å². The van der Waals surface area contributed by atoms with Gasteiger partial charge in [0, 0.05) is 30.3 Å². The zero-order chi connectivity index (χ0) is 15.4. The third kappa shape index (κ3) is 3.69. The summed E-state index contributed by atoms with van der Waals surface area (Å²) in [5.41, 5.74) is 7.49. The molecule has 2 unspecified atom stereocenters. The standard InChI is InChI=1S/C17H28N2O2/c1-12(2)16-6-5-9-19(16)11-15(18)14-8-7-13(20-3)10-17(14)21-4/h7-8,10,12,15-16H,5-6,9,11,18H2,1-4H3. The Balaban J connectivity index is 2.11. The third-order valence-corrected chi connectivity index (χ3v) is 4.46. The van der Waals surface area contributed by atoms with E-state index >= 15 is 0 Å². The monoisotopic (exact) mass is 292 g/mol. The number of hydrogen-bond acceptors (Lipinski definition) is 4. The van der Waals surface area contributed by atoms with E-state index in [1.807, 2.05) is 18.2 Å². The molecule has 1 heterocycles. The number of methoxy groups -OCH3 is 2. The van der Waals surface area contributed by atoms with E-state index in [-0.39, 0.29) is 6.04 Å². The van der Waals surface area contributed by atoms with Gasteiger partial charge < -0.3 is 15.2 Å². The van der Waals surface area contributed by atoms with Crippen LogP contribution in [0.15, 0.2) is 18.2 Å². The van der Waals surface area contributed by atoms with Crippen LogP contribution in [-0.2, 0) is 0 Å². The topological polar surface area (TPSA) is 47.7 Å². The Morgan fingerprint density at radius 2 is 2.05 bits per heavy atom. The maximum Gasteiger partial charge on any atom is 0.127 e. The molecule has 1 aromatic carbocycles. The molecule has 4 nitrogen and oxygen atoms in total. The summed E-state index contributed by atoms with van der Waals surface area (Å²) in [6.07, 6.45) is 2.56. The maximum absolute atomic E-state index is 6.44. The lowest BCUT2D eigenvalue weighted by atomic mass is 10.0. The van der Waals surface area contributed by atoms with Crippen LogP contribution >= 0.6 is 0 Å². The highest BCUT2D eigenvalue weighted by molar-refractivity contribution is 5.42. The first-order valence-corrected chi connectivity index (χ1v) is 7.78. The zero-order valence-electron chi connectivity index (χ0n) is 13.6. The highest BCUT2D eigenvalue weighted by atomic mass is 16.5. The van der Waals surface area contributed by atoms with Crippen LogP contribution in [0.5, 0.6) is 11.5 Å². The second-order valence-corrected chi connectivity index (χ2v) is 6.16. The quantitative estimate of drug-likeness (QED) is 0.876. The van der Waals surface area contributed by atoms with Gasteiger partial charge in [0.2, 0.25) is 0 Å². The van der Waals surface area contributed by atoms with Crippen LogP contribution < -0.4 is 15.2 Å². The summed E-state index contributed by atoms with van der Waals surface area (Å²) in [6, 6.07) is 6.48. The summed E-state index contributed by atoms with van der Waals surface area (Å²) in [7, 11) is 3.34. The van der Waals surface area contributed by atoms with Crippen LogP contribution in [-0.4, -0.2) is 38.3 Å². The molecule has 1 aliphatic heterocycles. The molecule has 2 rings (SSSR count). The lowest BCUT2D eigenvalue weighted by Crippen LogP contribution is -2.38. The number of ether oxygens (including phenoxy) is 2. The maximum atomic E-state index is 6.44. The molecule has 0 aromatic heterocycles. The number of nitrogens with zero attached hydrogens (tertiary/aromatic N) is 1. The van der Waals surface area contributed by atoms with Gasteiger partial charge >= 0.3 is 0 Å². The van der Waals surface area contributed by atoms with Crippen molar-refractivity contribution in [1.82, 2.24) is 4.90 Å². The van der Waals surface area contributed by atoms with Crippen molar-refractivity contribution in [2.75, 3.05) is 27.3 Å². The van der Waals surface area contributed by atoms with Gasteiger partial charge in [-0.25, -0.2) is 0 Å². The van der Waals surface area contributed by atoms with Crippen molar-refractivity contribution < 1.29 is 9.47 Å². The zero-order valence-corrected chi connectivity index (χ0v) is 13.6. The van der Waals surface area contributed by atoms with E-state index in [1.165, 1.54) is 12.8 Å². The fourth-order valence-electron chi connectivity index (χ4n) is 3.31. The second kappa shape index (κ2) is 7.14. The molecular weight excluding hydrogens is 264 g/mol. The Kier molecular flexibility index (Phi) is 5.48. The predicted molar refractivity (Wildman–Crippen MR) is 85.9 cm³/mol. The molecule has 2 N–H and O–H groups in total. The number of rotatable bonds is 6. The van der Waals surface area contributed by atoms with Gasteiger partial charge in [0.1, 0.15) is 11.5 Å². The van der Waals surface area contributed by atoms with Crippen molar-refractivity contribution in [2.45, 2.75) is 38.8 Å². The van der Waals surface area contributed by atoms with Gasteiger partial charge in [-0.1, -0.05) is 19.9 Å². The van der Waals surface area contributed by atoms with Gasteiger partial charge in [0.15, 0.2) is 0 Å². The Morgan fingerprint density at radius 1 is 1.29 bits per heavy atom. The average molecular weight is 292 g/mol. The highest BCUT2D eigenvalue weighted by Gasteiger charge is 2.29. The molecule has 0 amide bonds. The van der Waals surface area contributed by atoms with E-state index in [0.29, 0.717) is 12.0 Å². The minimum absolute atomic E-state index is 0.0368. The third-order valence-electron chi connectivity index (χ3n) is 4.46. The molecule has 1 aliphatic rings. The minimum atomic E-state index is -0.0368. The fraction of sp³-hybridized carbons (Fsp3) is 0.647. The molecule has 0 aliphatic carbocycles. The van der Waals surface area contributed by atoms with E-state index in [2.05, 4.69) is 18.7 Å². The van der Waals surface area contributed by atoms with Gasteiger partial charge in [-0.05, 0) is 31.4 Å². The van der Waals surface area contributed by atoms with Crippen LogP contribution in [0.25, 0.3) is 0 Å². The van der Waals surface area contributed by atoms with Crippen LogP contribution in [0.3, 0.4) is 0 Å². The molecule has 0 radical (unpaired) electrons. The van der Waals surface area contributed by atoms with Gasteiger partial charge in [0.25, 0.3) is 0 Å². The van der Waals surface area contributed by atoms with E-state index in [4.69, 9.17) is 15.2 Å². The first kappa shape index (κ1) is 16.1. The van der Waals surface area contributed by atoms with Crippen LogP contribution in [0.2, 0.25) is 0 Å². The molecule has 0 bridgehead atoms. The van der Waals surface area contributed by atoms with Crippen LogP contribution in [0.1, 0.15) is 38.3 Å². The summed E-state index contributed by atoms with van der Waals surface area (Å²) in [6.45, 7) is 6.62. The number of hydrogen-bond donors (Lipinski definition) is 1. The first-order chi connectivity index (χ1) is 10.1. The van der Waals surface area contributed by atoms with Gasteiger partial charge in [-0.15, -0.1) is 0 Å². The number of nitrogens with two attached hydrogens (primary N) is 1. The van der Waals surface area contributed by atoms with Crippen molar-refractivity contribution >= 4 is 0 Å². The summed E-state index contributed by atoms with van der Waals surface area (Å²) >= 11 is 0. The Hall–Kier alpha value is -1.26. The fourth-order valence-corrected chi connectivity index (χ4v) is 3.31. The molecule has 21 heavy (non-hydrogen) atoms. The van der Waals surface area contributed by atoms with Gasteiger partial charge in [0.05, 0.1) is 14.2 Å². The molecule has 2 atom stereocenters. The second-order valence-electron chi connectivity index (χ2n) is 6.16. The predicted octanol–water partition coefficient (Wildman–Crippen LogP) is 2.82. The summed E-state index contributed by atoms with van der Waals surface area (Å²) in [4.78, 5) is 2.53. The summed E-state index contributed by atoms with van der Waals surface area (Å²) < 4.78 is 10.7. The van der Waals surface area contributed by atoms with E-state index < -0.39 is 0 Å².